The zero-order chi connectivity index (χ0) is 9.26. The lowest BCUT2D eigenvalue weighted by atomic mass is 10.3. The molecule has 0 bridgehead atoms. The average Bonchev–Trinajstić information content (AvgIpc) is 2.44. The zero-order valence-electron chi connectivity index (χ0n) is 7.20. The maximum atomic E-state index is 10.8. The standard InChI is InChI=1S/C10H9NOS/c1-7(12)6-10-11-8-4-2-3-5-9(8)13-10/h2-6,11H,1H3/b10-6+. The van der Waals surface area contributed by atoms with Gasteiger partial charge in [0.05, 0.1) is 10.7 Å². The van der Waals surface area contributed by atoms with Gasteiger partial charge in [0.1, 0.15) is 0 Å². The van der Waals surface area contributed by atoms with Crippen LogP contribution >= 0.6 is 11.8 Å². The second-order valence-electron chi connectivity index (χ2n) is 2.84. The van der Waals surface area contributed by atoms with E-state index < -0.39 is 0 Å². The van der Waals surface area contributed by atoms with Gasteiger partial charge in [-0.1, -0.05) is 23.9 Å². The summed E-state index contributed by atoms with van der Waals surface area (Å²) in [5.41, 5.74) is 1.08. The highest BCUT2D eigenvalue weighted by Gasteiger charge is 2.14. The summed E-state index contributed by atoms with van der Waals surface area (Å²) in [7, 11) is 0. The lowest BCUT2D eigenvalue weighted by Crippen LogP contribution is -1.91. The maximum absolute atomic E-state index is 10.8. The Labute approximate surface area is 81.0 Å². The van der Waals surface area contributed by atoms with Crippen molar-refractivity contribution >= 4 is 23.2 Å². The minimum Gasteiger partial charge on any atom is -0.349 e. The largest absolute Gasteiger partial charge is 0.349 e. The molecule has 0 fully saturated rings. The van der Waals surface area contributed by atoms with Crippen LogP contribution in [0.25, 0.3) is 0 Å². The van der Waals surface area contributed by atoms with Gasteiger partial charge in [-0.15, -0.1) is 0 Å². The molecular weight excluding hydrogens is 182 g/mol. The second-order valence-corrected chi connectivity index (χ2v) is 3.93. The Kier molecular flexibility index (Phi) is 2.10. The SMILES string of the molecule is CC(=O)/C=C1\Nc2ccccc2S1. The molecule has 2 nitrogen and oxygen atoms in total. The third kappa shape index (κ3) is 1.75. The monoisotopic (exact) mass is 191 g/mol. The Bertz CT molecular complexity index is 357. The Morgan fingerprint density at radius 1 is 1.46 bits per heavy atom. The molecule has 0 saturated heterocycles. The van der Waals surface area contributed by atoms with Crippen LogP contribution in [-0.2, 0) is 4.79 Å². The first kappa shape index (κ1) is 8.38. The van der Waals surface area contributed by atoms with Crippen LogP contribution in [0.1, 0.15) is 6.92 Å². The van der Waals surface area contributed by atoms with Crippen LogP contribution in [0.3, 0.4) is 0 Å². The van der Waals surface area contributed by atoms with Crippen molar-refractivity contribution in [3.63, 3.8) is 0 Å². The number of carbonyl (C=O) groups excluding carboxylic acids is 1. The highest BCUT2D eigenvalue weighted by Crippen LogP contribution is 2.40. The quantitative estimate of drug-likeness (QED) is 0.692. The molecular formula is C10H9NOS. The van der Waals surface area contributed by atoms with Gasteiger partial charge >= 0.3 is 0 Å². The molecule has 0 spiro atoms. The molecule has 0 amide bonds. The minimum atomic E-state index is 0.0720. The van der Waals surface area contributed by atoms with E-state index in [0.29, 0.717) is 0 Å². The predicted molar refractivity (Wildman–Crippen MR) is 54.7 cm³/mol. The smallest absolute Gasteiger partial charge is 0.155 e. The average molecular weight is 191 g/mol. The molecule has 1 aromatic carbocycles. The van der Waals surface area contributed by atoms with Crippen molar-refractivity contribution in [3.8, 4) is 0 Å². The van der Waals surface area contributed by atoms with E-state index in [1.165, 1.54) is 4.90 Å². The summed E-state index contributed by atoms with van der Waals surface area (Å²) < 4.78 is 0. The van der Waals surface area contributed by atoms with Gasteiger partial charge in [-0.3, -0.25) is 4.79 Å². The van der Waals surface area contributed by atoms with E-state index in [2.05, 4.69) is 5.32 Å². The molecule has 66 valence electrons. The summed E-state index contributed by atoms with van der Waals surface area (Å²) in [6.45, 7) is 1.55. The van der Waals surface area contributed by atoms with E-state index in [0.717, 1.165) is 10.7 Å². The van der Waals surface area contributed by atoms with E-state index in [-0.39, 0.29) is 5.78 Å². The molecule has 0 aliphatic carbocycles. The molecule has 0 atom stereocenters. The Morgan fingerprint density at radius 2 is 2.23 bits per heavy atom. The fourth-order valence-electron chi connectivity index (χ4n) is 1.19. The molecule has 0 radical (unpaired) electrons. The normalized spacial score (nSPS) is 16.8. The predicted octanol–water partition coefficient (Wildman–Crippen LogP) is 2.63. The third-order valence-corrected chi connectivity index (χ3v) is 2.71. The molecule has 1 N–H and O–H groups in total. The molecule has 3 heteroatoms. The number of para-hydroxylation sites is 1. The number of hydrogen-bond acceptors (Lipinski definition) is 3. The molecule has 1 aromatic rings. The summed E-state index contributed by atoms with van der Waals surface area (Å²) >= 11 is 1.59. The number of nitrogens with one attached hydrogen (secondary N) is 1. The molecule has 0 saturated carbocycles. The first-order chi connectivity index (χ1) is 6.25. The van der Waals surface area contributed by atoms with Crippen LogP contribution < -0.4 is 5.32 Å². The van der Waals surface area contributed by atoms with Crippen molar-refractivity contribution in [2.75, 3.05) is 5.32 Å². The number of fused-ring (bicyclic) bond motifs is 1. The van der Waals surface area contributed by atoms with Gasteiger partial charge in [-0.05, 0) is 19.1 Å². The number of allylic oxidation sites excluding steroid dienone is 1. The molecule has 1 heterocycles. The Balaban J connectivity index is 2.28. The van der Waals surface area contributed by atoms with Gasteiger partial charge in [0.25, 0.3) is 0 Å². The van der Waals surface area contributed by atoms with E-state index in [4.69, 9.17) is 0 Å². The summed E-state index contributed by atoms with van der Waals surface area (Å²) in [5.74, 6) is 0.0720. The minimum absolute atomic E-state index is 0.0720. The number of rotatable bonds is 1. The first-order valence-electron chi connectivity index (χ1n) is 4.02. The third-order valence-electron chi connectivity index (χ3n) is 1.70. The Morgan fingerprint density at radius 3 is 2.92 bits per heavy atom. The maximum Gasteiger partial charge on any atom is 0.155 e. The lowest BCUT2D eigenvalue weighted by Gasteiger charge is -1.95. The molecule has 1 aliphatic heterocycles. The Hall–Kier alpha value is -1.22. The van der Waals surface area contributed by atoms with Crippen LogP contribution in [0.15, 0.2) is 40.3 Å². The van der Waals surface area contributed by atoms with E-state index in [1.807, 2.05) is 24.3 Å². The summed E-state index contributed by atoms with van der Waals surface area (Å²) in [4.78, 5) is 12.0. The van der Waals surface area contributed by atoms with Crippen molar-refractivity contribution in [2.24, 2.45) is 0 Å². The van der Waals surface area contributed by atoms with Crippen LogP contribution in [0.4, 0.5) is 5.69 Å². The summed E-state index contributed by atoms with van der Waals surface area (Å²) in [6, 6.07) is 8.00. The highest BCUT2D eigenvalue weighted by molar-refractivity contribution is 8.03. The molecule has 2 rings (SSSR count). The van der Waals surface area contributed by atoms with E-state index >= 15 is 0 Å². The molecule has 0 aromatic heterocycles. The van der Waals surface area contributed by atoms with Crippen molar-refractivity contribution in [2.45, 2.75) is 11.8 Å². The number of ketones is 1. The van der Waals surface area contributed by atoms with Crippen molar-refractivity contribution in [1.29, 1.82) is 0 Å². The van der Waals surface area contributed by atoms with Crippen LogP contribution in [-0.4, -0.2) is 5.78 Å². The summed E-state index contributed by atoms with van der Waals surface area (Å²) in [5, 5.41) is 4.08. The van der Waals surface area contributed by atoms with Crippen molar-refractivity contribution in [3.05, 3.63) is 35.4 Å². The molecule has 13 heavy (non-hydrogen) atoms. The number of hydrogen-bond donors (Lipinski definition) is 1. The van der Waals surface area contributed by atoms with Crippen LogP contribution in [0.5, 0.6) is 0 Å². The van der Waals surface area contributed by atoms with Gasteiger partial charge in [-0.2, -0.15) is 0 Å². The zero-order valence-corrected chi connectivity index (χ0v) is 8.02. The van der Waals surface area contributed by atoms with E-state index in [1.54, 1.807) is 24.8 Å². The molecule has 1 aliphatic rings. The van der Waals surface area contributed by atoms with Crippen LogP contribution in [0, 0.1) is 0 Å². The van der Waals surface area contributed by atoms with Gasteiger partial charge in [0.15, 0.2) is 5.78 Å². The van der Waals surface area contributed by atoms with Gasteiger partial charge in [0, 0.05) is 11.0 Å². The molecule has 0 unspecified atom stereocenters. The van der Waals surface area contributed by atoms with Crippen LogP contribution in [0.2, 0.25) is 0 Å². The van der Waals surface area contributed by atoms with Gasteiger partial charge in [-0.25, -0.2) is 0 Å². The topological polar surface area (TPSA) is 29.1 Å². The van der Waals surface area contributed by atoms with E-state index in [9.17, 15) is 4.79 Å². The lowest BCUT2D eigenvalue weighted by molar-refractivity contribution is -0.112. The number of benzene rings is 1. The fourth-order valence-corrected chi connectivity index (χ4v) is 2.18. The number of anilines is 1. The summed E-state index contributed by atoms with van der Waals surface area (Å²) in [6.07, 6.45) is 1.62. The van der Waals surface area contributed by atoms with Crippen molar-refractivity contribution < 1.29 is 4.79 Å². The highest BCUT2D eigenvalue weighted by atomic mass is 32.2. The number of carbonyl (C=O) groups is 1. The fraction of sp³-hybridized carbons (Fsp3) is 0.100. The second kappa shape index (κ2) is 3.26. The first-order valence-corrected chi connectivity index (χ1v) is 4.83. The number of thioether (sulfide) groups is 1. The van der Waals surface area contributed by atoms with Gasteiger partial charge in [0.2, 0.25) is 0 Å². The van der Waals surface area contributed by atoms with Gasteiger partial charge < -0.3 is 5.32 Å². The van der Waals surface area contributed by atoms with Crippen molar-refractivity contribution in [1.82, 2.24) is 0 Å².